The highest BCUT2D eigenvalue weighted by Gasteiger charge is 2.12. The van der Waals surface area contributed by atoms with Crippen molar-refractivity contribution in [1.82, 2.24) is 9.55 Å². The maximum Gasteiger partial charge on any atom is 0.275 e. The van der Waals surface area contributed by atoms with Crippen LogP contribution in [0.1, 0.15) is 26.4 Å². The minimum absolute atomic E-state index is 0.258. The van der Waals surface area contributed by atoms with Crippen molar-refractivity contribution < 1.29 is 23.8 Å². The Labute approximate surface area is 208 Å². The van der Waals surface area contributed by atoms with Gasteiger partial charge in [0.05, 0.1) is 27.7 Å². The summed E-state index contributed by atoms with van der Waals surface area (Å²) in [7, 11) is 4.65. The van der Waals surface area contributed by atoms with Crippen molar-refractivity contribution in [2.45, 2.75) is 6.54 Å². The van der Waals surface area contributed by atoms with E-state index in [9.17, 15) is 9.59 Å². The predicted molar refractivity (Wildman–Crippen MR) is 136 cm³/mol. The number of ether oxygens (including phenoxy) is 3. The average Bonchev–Trinajstić information content (AvgIpc) is 3.38. The molecular weight excluding hydrogens is 460 g/mol. The molecule has 1 aromatic heterocycles. The van der Waals surface area contributed by atoms with Gasteiger partial charge in [-0.05, 0) is 60.2 Å². The predicted octanol–water partition coefficient (Wildman–Crippen LogP) is 4.46. The van der Waals surface area contributed by atoms with Crippen LogP contribution in [0.15, 0.2) is 79.3 Å². The van der Waals surface area contributed by atoms with Gasteiger partial charge in [0, 0.05) is 29.7 Å². The lowest BCUT2D eigenvalue weighted by Crippen LogP contribution is -2.12. The molecule has 2 amide bonds. The third kappa shape index (κ3) is 5.82. The largest absolute Gasteiger partial charge is 0.497 e. The fourth-order valence-electron chi connectivity index (χ4n) is 3.52. The molecular formula is C27H26N4O5. The summed E-state index contributed by atoms with van der Waals surface area (Å²) in [5.41, 5.74) is 3.06. The number of carbonyl (C=O) groups excluding carboxylic acids is 2. The second-order valence-electron chi connectivity index (χ2n) is 7.83. The summed E-state index contributed by atoms with van der Waals surface area (Å²) >= 11 is 0. The van der Waals surface area contributed by atoms with Crippen LogP contribution in [0.3, 0.4) is 0 Å². The number of methoxy groups -OCH3 is 3. The van der Waals surface area contributed by atoms with Gasteiger partial charge >= 0.3 is 0 Å². The van der Waals surface area contributed by atoms with E-state index in [1.165, 1.54) is 7.11 Å². The Balaban J connectivity index is 1.35. The summed E-state index contributed by atoms with van der Waals surface area (Å²) in [4.78, 5) is 29.3. The van der Waals surface area contributed by atoms with E-state index in [0.29, 0.717) is 46.4 Å². The molecule has 0 radical (unpaired) electrons. The first-order chi connectivity index (χ1) is 17.5. The van der Waals surface area contributed by atoms with Crippen molar-refractivity contribution >= 4 is 23.2 Å². The summed E-state index contributed by atoms with van der Waals surface area (Å²) in [5, 5.41) is 5.69. The number of hydrogen-bond donors (Lipinski definition) is 2. The van der Waals surface area contributed by atoms with Crippen molar-refractivity contribution in [3.05, 3.63) is 96.1 Å². The van der Waals surface area contributed by atoms with Crippen LogP contribution >= 0.6 is 0 Å². The molecule has 4 rings (SSSR count). The van der Waals surface area contributed by atoms with Gasteiger partial charge in [0.2, 0.25) is 0 Å². The molecule has 0 spiro atoms. The molecule has 9 nitrogen and oxygen atoms in total. The number of nitrogens with one attached hydrogen (secondary N) is 2. The highest BCUT2D eigenvalue weighted by molar-refractivity contribution is 6.04. The van der Waals surface area contributed by atoms with Gasteiger partial charge in [-0.2, -0.15) is 0 Å². The van der Waals surface area contributed by atoms with Gasteiger partial charge in [0.25, 0.3) is 11.8 Å². The number of hydrogen-bond acceptors (Lipinski definition) is 6. The number of carbonyl (C=O) groups is 2. The van der Waals surface area contributed by atoms with Gasteiger partial charge in [-0.1, -0.05) is 12.1 Å². The van der Waals surface area contributed by atoms with Crippen LogP contribution in [0.5, 0.6) is 17.2 Å². The number of anilines is 2. The Morgan fingerprint density at radius 1 is 0.778 bits per heavy atom. The number of nitrogens with zero attached hydrogens (tertiary/aromatic N) is 2. The van der Waals surface area contributed by atoms with Crippen LogP contribution in [-0.4, -0.2) is 42.7 Å². The van der Waals surface area contributed by atoms with Crippen molar-refractivity contribution in [1.29, 1.82) is 0 Å². The molecule has 9 heteroatoms. The summed E-state index contributed by atoms with van der Waals surface area (Å²) < 4.78 is 17.4. The molecule has 0 aliphatic carbocycles. The molecule has 3 aromatic carbocycles. The van der Waals surface area contributed by atoms with E-state index in [4.69, 9.17) is 14.2 Å². The van der Waals surface area contributed by atoms with Crippen molar-refractivity contribution in [3.8, 4) is 17.2 Å². The summed E-state index contributed by atoms with van der Waals surface area (Å²) in [6.07, 6.45) is 3.29. The van der Waals surface area contributed by atoms with Gasteiger partial charge in [-0.15, -0.1) is 0 Å². The number of rotatable bonds is 9. The maximum absolute atomic E-state index is 12.6. The molecule has 1 heterocycles. The molecule has 4 aromatic rings. The fraction of sp³-hybridized carbons (Fsp3) is 0.148. The lowest BCUT2D eigenvalue weighted by Gasteiger charge is -2.10. The van der Waals surface area contributed by atoms with E-state index >= 15 is 0 Å². The average molecular weight is 487 g/mol. The van der Waals surface area contributed by atoms with E-state index in [0.717, 1.165) is 5.56 Å². The minimum Gasteiger partial charge on any atom is -0.497 e. The smallest absolute Gasteiger partial charge is 0.275 e. The van der Waals surface area contributed by atoms with E-state index in [1.54, 1.807) is 69.2 Å². The van der Waals surface area contributed by atoms with Crippen LogP contribution in [0.25, 0.3) is 0 Å². The molecule has 0 bridgehead atoms. The van der Waals surface area contributed by atoms with Crippen LogP contribution in [0.2, 0.25) is 0 Å². The van der Waals surface area contributed by atoms with Gasteiger partial charge in [-0.25, -0.2) is 4.98 Å². The fourth-order valence-corrected chi connectivity index (χ4v) is 3.52. The standard InChI is InChI=1S/C27H26N4O5/c1-34-22-11-9-21(10-12-22)30-27(33)23-16-31(17-28-23)15-18-4-7-20(8-5-18)29-26(32)19-6-13-24(35-2)25(14-19)36-3/h4-14,16-17H,15H2,1-3H3,(H,29,32)(H,30,33). The molecule has 184 valence electrons. The SMILES string of the molecule is COc1ccc(NC(=O)c2cn(Cc3ccc(NC(=O)c4ccc(OC)c(OC)c4)cc3)cn2)cc1. The Hall–Kier alpha value is -4.79. The van der Waals surface area contributed by atoms with Crippen LogP contribution in [0.4, 0.5) is 11.4 Å². The second kappa shape index (κ2) is 11.1. The van der Waals surface area contributed by atoms with Crippen LogP contribution in [0, 0.1) is 0 Å². The molecule has 0 saturated carbocycles. The van der Waals surface area contributed by atoms with Gasteiger partial charge in [-0.3, -0.25) is 9.59 Å². The molecule has 0 atom stereocenters. The molecule has 0 aliphatic rings. The summed E-state index contributed by atoms with van der Waals surface area (Å²) in [6, 6.07) is 19.5. The molecule has 36 heavy (non-hydrogen) atoms. The topological polar surface area (TPSA) is 104 Å². The molecule has 0 aliphatic heterocycles. The third-order valence-corrected chi connectivity index (χ3v) is 5.44. The lowest BCUT2D eigenvalue weighted by atomic mass is 10.1. The first-order valence-electron chi connectivity index (χ1n) is 11.1. The van der Waals surface area contributed by atoms with Gasteiger partial charge < -0.3 is 29.4 Å². The Morgan fingerprint density at radius 3 is 2.06 bits per heavy atom. The van der Waals surface area contributed by atoms with Crippen molar-refractivity contribution in [2.75, 3.05) is 32.0 Å². The zero-order chi connectivity index (χ0) is 25.5. The van der Waals surface area contributed by atoms with E-state index < -0.39 is 0 Å². The maximum atomic E-state index is 12.6. The third-order valence-electron chi connectivity index (χ3n) is 5.44. The first kappa shape index (κ1) is 24.3. The summed E-state index contributed by atoms with van der Waals surface area (Å²) in [6.45, 7) is 0.521. The number of amides is 2. The number of benzene rings is 3. The quantitative estimate of drug-likeness (QED) is 0.362. The molecule has 2 N–H and O–H groups in total. The Kier molecular flexibility index (Phi) is 7.50. The van der Waals surface area contributed by atoms with E-state index in [1.807, 2.05) is 28.8 Å². The lowest BCUT2D eigenvalue weighted by molar-refractivity contribution is 0.101. The number of aromatic nitrogens is 2. The zero-order valence-electron chi connectivity index (χ0n) is 20.1. The van der Waals surface area contributed by atoms with Crippen molar-refractivity contribution in [3.63, 3.8) is 0 Å². The summed E-state index contributed by atoms with van der Waals surface area (Å²) in [5.74, 6) is 1.19. The molecule has 0 saturated heterocycles. The minimum atomic E-state index is -0.299. The highest BCUT2D eigenvalue weighted by Crippen LogP contribution is 2.28. The normalized spacial score (nSPS) is 10.4. The second-order valence-corrected chi connectivity index (χ2v) is 7.83. The first-order valence-corrected chi connectivity index (χ1v) is 11.1. The van der Waals surface area contributed by atoms with Crippen LogP contribution in [-0.2, 0) is 6.54 Å². The van der Waals surface area contributed by atoms with Gasteiger partial charge in [0.15, 0.2) is 11.5 Å². The monoisotopic (exact) mass is 486 g/mol. The Bertz CT molecular complexity index is 1350. The zero-order valence-corrected chi connectivity index (χ0v) is 20.1. The van der Waals surface area contributed by atoms with Crippen molar-refractivity contribution in [2.24, 2.45) is 0 Å². The number of imidazole rings is 1. The van der Waals surface area contributed by atoms with Crippen LogP contribution < -0.4 is 24.8 Å². The van der Waals surface area contributed by atoms with Gasteiger partial charge in [0.1, 0.15) is 11.4 Å². The highest BCUT2D eigenvalue weighted by atomic mass is 16.5. The Morgan fingerprint density at radius 2 is 1.42 bits per heavy atom. The molecule has 0 fully saturated rings. The molecule has 0 unspecified atom stereocenters. The van der Waals surface area contributed by atoms with E-state index in [2.05, 4.69) is 15.6 Å². The van der Waals surface area contributed by atoms with E-state index in [-0.39, 0.29) is 11.8 Å².